The fraction of sp³-hybridized carbons (Fsp3) is 0.438. The molecule has 45 heavy (non-hydrogen) atoms. The molecule has 2 saturated carbocycles. The molecule has 2 aliphatic carbocycles. The van der Waals surface area contributed by atoms with E-state index < -0.39 is 52.4 Å². The minimum Gasteiger partial charge on any atom is -0.489 e. The van der Waals surface area contributed by atoms with Crippen LogP contribution >= 0.6 is 23.1 Å². The highest BCUT2D eigenvalue weighted by Crippen LogP contribution is 2.69. The molecule has 1 aromatic heterocycles. The van der Waals surface area contributed by atoms with Gasteiger partial charge in [-0.05, 0) is 48.6 Å². The van der Waals surface area contributed by atoms with E-state index in [4.69, 9.17) is 4.74 Å². The van der Waals surface area contributed by atoms with Crippen LogP contribution in [0.2, 0.25) is 0 Å². The van der Waals surface area contributed by atoms with Gasteiger partial charge < -0.3 is 14.8 Å². The van der Waals surface area contributed by atoms with Gasteiger partial charge in [-0.3, -0.25) is 29.4 Å². The number of aromatic amines is 1. The lowest BCUT2D eigenvalue weighted by molar-refractivity contribution is -0.385. The second-order valence-electron chi connectivity index (χ2n) is 12.8. The zero-order valence-electron chi connectivity index (χ0n) is 24.7. The third-order valence-corrected chi connectivity index (χ3v) is 12.6. The second kappa shape index (κ2) is 10.8. The van der Waals surface area contributed by atoms with Gasteiger partial charge in [0.15, 0.2) is 0 Å². The molecule has 234 valence electrons. The van der Waals surface area contributed by atoms with Gasteiger partial charge in [0.2, 0.25) is 11.8 Å². The first-order chi connectivity index (χ1) is 21.5. The molecule has 11 nitrogen and oxygen atoms in total. The van der Waals surface area contributed by atoms with Gasteiger partial charge in [-0.2, -0.15) is 0 Å². The average molecular weight is 650 g/mol. The van der Waals surface area contributed by atoms with Crippen molar-refractivity contribution >= 4 is 46.6 Å². The SMILES string of the molecule is Cc1ccc(COc2ccc([N+](=O)[O-])cc2[C@H]2c3sc(=O)[nH]c3SC3C4CC(C5C(=O)N(C(C(=O)O)C(C)C)C(=O)C45)C32)cc1. The van der Waals surface area contributed by atoms with Crippen LogP contribution in [0.5, 0.6) is 5.75 Å². The number of carboxylic acids is 1. The Bertz CT molecular complexity index is 1800. The maximum absolute atomic E-state index is 14.0. The smallest absolute Gasteiger partial charge is 0.327 e. The van der Waals surface area contributed by atoms with E-state index in [1.165, 1.54) is 23.9 Å². The number of hydrogen-bond donors (Lipinski definition) is 2. The predicted molar refractivity (Wildman–Crippen MR) is 165 cm³/mol. The van der Waals surface area contributed by atoms with Crippen molar-refractivity contribution in [2.75, 3.05) is 0 Å². The number of fused-ring (bicyclic) bond motifs is 9. The van der Waals surface area contributed by atoms with Gasteiger partial charge in [0.05, 0.1) is 21.8 Å². The van der Waals surface area contributed by atoms with Crippen LogP contribution in [0.1, 0.15) is 47.8 Å². The largest absolute Gasteiger partial charge is 0.489 e. The quantitative estimate of drug-likeness (QED) is 0.198. The van der Waals surface area contributed by atoms with Crippen molar-refractivity contribution in [3.05, 3.63) is 83.8 Å². The average Bonchev–Trinajstić information content (AvgIpc) is 3.72. The number of H-pyrrole nitrogens is 1. The molecule has 2 N–H and O–H groups in total. The number of thiazole rings is 1. The van der Waals surface area contributed by atoms with Gasteiger partial charge in [0.25, 0.3) is 5.69 Å². The lowest BCUT2D eigenvalue weighted by Gasteiger charge is -2.43. The first kappa shape index (κ1) is 29.7. The monoisotopic (exact) mass is 649 g/mol. The van der Waals surface area contributed by atoms with Crippen molar-refractivity contribution in [2.24, 2.45) is 35.5 Å². The number of nitro benzene ring substituents is 1. The van der Waals surface area contributed by atoms with Crippen LogP contribution in [-0.2, 0) is 21.0 Å². The summed E-state index contributed by atoms with van der Waals surface area (Å²) in [7, 11) is 0. The molecule has 3 heterocycles. The van der Waals surface area contributed by atoms with Gasteiger partial charge >= 0.3 is 10.8 Å². The van der Waals surface area contributed by atoms with Crippen LogP contribution in [0.15, 0.2) is 52.3 Å². The van der Waals surface area contributed by atoms with Crippen LogP contribution < -0.4 is 9.61 Å². The number of carbonyl (C=O) groups is 3. The number of nitrogens with one attached hydrogen (secondary N) is 1. The minimum atomic E-state index is -1.25. The number of hydrogen-bond acceptors (Lipinski definition) is 9. The number of amides is 2. The summed E-state index contributed by atoms with van der Waals surface area (Å²) in [4.78, 5) is 68.6. The van der Waals surface area contributed by atoms with Gasteiger partial charge in [-0.15, -0.1) is 11.8 Å². The molecule has 3 aromatic rings. The van der Waals surface area contributed by atoms with E-state index in [0.717, 1.165) is 32.2 Å². The number of imide groups is 1. The third kappa shape index (κ3) is 4.61. The normalized spacial score (nSPS) is 28.6. The van der Waals surface area contributed by atoms with Crippen molar-refractivity contribution < 1.29 is 29.2 Å². The van der Waals surface area contributed by atoms with Gasteiger partial charge in [-0.25, -0.2) is 4.79 Å². The van der Waals surface area contributed by atoms with E-state index in [1.54, 1.807) is 19.9 Å². The molecule has 13 heteroatoms. The van der Waals surface area contributed by atoms with E-state index in [9.17, 15) is 34.4 Å². The Morgan fingerprint density at radius 3 is 2.44 bits per heavy atom. The molecule has 7 rings (SSSR count). The highest BCUT2D eigenvalue weighted by atomic mass is 32.2. The molecule has 2 bridgehead atoms. The summed E-state index contributed by atoms with van der Waals surface area (Å²) in [6.45, 7) is 5.58. The summed E-state index contributed by atoms with van der Waals surface area (Å²) in [6.07, 6.45) is 0.604. The Morgan fingerprint density at radius 1 is 1.11 bits per heavy atom. The Labute approximate surface area is 266 Å². The van der Waals surface area contributed by atoms with Crippen LogP contribution in [0.3, 0.4) is 0 Å². The molecule has 7 unspecified atom stereocenters. The topological polar surface area (TPSA) is 160 Å². The standard InChI is InChI=1S/C32H31N3O8S2/c1-13(2)25(31(38)39)34-29(36)23-18-11-19(24(23)30(34)37)26-22(18)21(27-28(44-26)33-32(40)45-27)17-10-16(35(41)42)8-9-20(17)43-12-15-6-4-14(3)5-7-15/h4-10,13,18-19,21-26H,11-12H2,1-3H3,(H,33,40)(H,38,39)/t18?,19?,21-,22?,23?,24?,25?,26?/m1/s1. The van der Waals surface area contributed by atoms with Gasteiger partial charge in [0, 0.05) is 33.7 Å². The molecule has 0 radical (unpaired) electrons. The van der Waals surface area contributed by atoms with Crippen LogP contribution in [-0.4, -0.2) is 49.0 Å². The number of carboxylic acid groups (broad SMARTS) is 1. The van der Waals surface area contributed by atoms with Crippen LogP contribution in [0.4, 0.5) is 5.69 Å². The molecule has 2 aromatic carbocycles. The summed E-state index contributed by atoms with van der Waals surface area (Å²) in [6, 6.07) is 11.1. The number of likely N-dealkylation sites (tertiary alicyclic amines) is 1. The summed E-state index contributed by atoms with van der Waals surface area (Å²) in [5.74, 6) is -4.66. The van der Waals surface area contributed by atoms with E-state index in [2.05, 4.69) is 4.98 Å². The molecule has 3 fully saturated rings. The first-order valence-corrected chi connectivity index (χ1v) is 16.6. The fourth-order valence-electron chi connectivity index (χ4n) is 8.23. The Kier molecular flexibility index (Phi) is 7.16. The number of nitro groups is 1. The van der Waals surface area contributed by atoms with Crippen molar-refractivity contribution in [2.45, 2.75) is 56.0 Å². The summed E-state index contributed by atoms with van der Waals surface area (Å²) in [5.41, 5.74) is 2.47. The molecule has 2 aliphatic heterocycles. The van der Waals surface area contributed by atoms with Crippen LogP contribution in [0, 0.1) is 52.5 Å². The second-order valence-corrected chi connectivity index (χ2v) is 15.0. The maximum Gasteiger partial charge on any atom is 0.327 e. The highest BCUT2D eigenvalue weighted by molar-refractivity contribution is 8.00. The number of aliphatic carboxylic acids is 1. The lowest BCUT2D eigenvalue weighted by atomic mass is 9.68. The van der Waals surface area contributed by atoms with Crippen molar-refractivity contribution in [3.63, 3.8) is 0 Å². The van der Waals surface area contributed by atoms with E-state index in [1.807, 2.05) is 31.2 Å². The molecule has 4 aliphatic rings. The number of aryl methyl sites for hydroxylation is 1. The lowest BCUT2D eigenvalue weighted by Crippen LogP contribution is -2.49. The Balaban J connectivity index is 1.32. The number of carbonyl (C=O) groups excluding carboxylic acids is 2. The van der Waals surface area contributed by atoms with E-state index in [-0.39, 0.29) is 40.2 Å². The Hall–Kier alpha value is -3.97. The predicted octanol–water partition coefficient (Wildman–Crippen LogP) is 4.81. The third-order valence-electron chi connectivity index (χ3n) is 9.97. The molecule has 1 saturated heterocycles. The molecule has 2 amide bonds. The Morgan fingerprint density at radius 2 is 1.80 bits per heavy atom. The van der Waals surface area contributed by atoms with E-state index in [0.29, 0.717) is 22.8 Å². The summed E-state index contributed by atoms with van der Waals surface area (Å²) >= 11 is 2.55. The minimum absolute atomic E-state index is 0.118. The first-order valence-electron chi connectivity index (χ1n) is 14.9. The van der Waals surface area contributed by atoms with Crippen LogP contribution in [0.25, 0.3) is 0 Å². The number of non-ortho nitro benzene ring substituents is 1. The number of ether oxygens (including phenoxy) is 1. The van der Waals surface area contributed by atoms with E-state index >= 15 is 0 Å². The highest BCUT2D eigenvalue weighted by Gasteiger charge is 2.70. The fourth-order valence-corrected chi connectivity index (χ4v) is 11.1. The number of thioether (sulfide) groups is 1. The number of aromatic nitrogens is 1. The maximum atomic E-state index is 14.0. The van der Waals surface area contributed by atoms with Gasteiger partial charge in [-0.1, -0.05) is 55.0 Å². The summed E-state index contributed by atoms with van der Waals surface area (Å²) < 4.78 is 6.32. The number of nitrogens with zero attached hydrogens (tertiary/aromatic N) is 2. The molecule has 8 atom stereocenters. The van der Waals surface area contributed by atoms with Gasteiger partial charge in [0.1, 0.15) is 18.4 Å². The zero-order valence-corrected chi connectivity index (χ0v) is 26.3. The molecular formula is C32H31N3O8S2. The van der Waals surface area contributed by atoms with Crippen molar-refractivity contribution in [1.82, 2.24) is 9.88 Å². The summed E-state index contributed by atoms with van der Waals surface area (Å²) in [5, 5.41) is 22.4. The van der Waals surface area contributed by atoms with Crippen molar-refractivity contribution in [1.29, 1.82) is 0 Å². The number of benzene rings is 2. The molecular weight excluding hydrogens is 618 g/mol. The number of rotatable bonds is 8. The van der Waals surface area contributed by atoms with Crippen molar-refractivity contribution in [3.8, 4) is 5.75 Å². The molecule has 0 spiro atoms. The zero-order chi connectivity index (χ0) is 31.9.